The standard InChI is InChI=1S/C26H21F3N2O3/c1-2-31-15-22(24(32)21-14-18(26(27,28)29)8-13-23(21)31)25(33)30-19-9-11-20(12-10-19)34-16-17-6-4-3-5-7-17/h3-15H,2,16H2,1H3,(H,30,33). The van der Waals surface area contributed by atoms with Crippen LogP contribution in [0, 0.1) is 0 Å². The lowest BCUT2D eigenvalue weighted by molar-refractivity contribution is -0.137. The maximum Gasteiger partial charge on any atom is 0.416 e. The number of alkyl halides is 3. The third-order valence-corrected chi connectivity index (χ3v) is 5.35. The number of ether oxygens (including phenoxy) is 1. The molecular formula is C26H21F3N2O3. The molecule has 0 aliphatic carbocycles. The molecule has 0 bridgehead atoms. The summed E-state index contributed by atoms with van der Waals surface area (Å²) in [7, 11) is 0. The number of fused-ring (bicyclic) bond motifs is 1. The average Bonchev–Trinajstić information content (AvgIpc) is 2.83. The number of hydrogen-bond acceptors (Lipinski definition) is 3. The second-order valence-electron chi connectivity index (χ2n) is 7.64. The minimum Gasteiger partial charge on any atom is -0.489 e. The predicted molar refractivity (Wildman–Crippen MR) is 124 cm³/mol. The maximum absolute atomic E-state index is 13.2. The van der Waals surface area contributed by atoms with Gasteiger partial charge >= 0.3 is 6.18 Å². The van der Waals surface area contributed by atoms with Crippen LogP contribution in [-0.4, -0.2) is 10.5 Å². The Bertz CT molecular complexity index is 1380. The lowest BCUT2D eigenvalue weighted by Crippen LogP contribution is -2.24. The number of nitrogens with one attached hydrogen (secondary N) is 1. The number of halogens is 3. The van der Waals surface area contributed by atoms with Gasteiger partial charge in [0, 0.05) is 23.8 Å². The van der Waals surface area contributed by atoms with E-state index in [1.54, 1.807) is 35.8 Å². The van der Waals surface area contributed by atoms with E-state index in [1.165, 1.54) is 12.3 Å². The number of aromatic nitrogens is 1. The lowest BCUT2D eigenvalue weighted by atomic mass is 10.1. The Kier molecular flexibility index (Phi) is 6.40. The van der Waals surface area contributed by atoms with Gasteiger partial charge in [0.25, 0.3) is 5.91 Å². The van der Waals surface area contributed by atoms with Crippen LogP contribution in [0.25, 0.3) is 10.9 Å². The molecule has 1 N–H and O–H groups in total. The van der Waals surface area contributed by atoms with Crippen molar-refractivity contribution in [3.8, 4) is 5.75 Å². The van der Waals surface area contributed by atoms with Crippen LogP contribution in [0.15, 0.2) is 83.8 Å². The largest absolute Gasteiger partial charge is 0.489 e. The highest BCUT2D eigenvalue weighted by atomic mass is 19.4. The number of anilines is 1. The van der Waals surface area contributed by atoms with Gasteiger partial charge in [0.05, 0.1) is 11.1 Å². The van der Waals surface area contributed by atoms with Gasteiger partial charge in [-0.15, -0.1) is 0 Å². The normalized spacial score (nSPS) is 11.4. The molecule has 0 spiro atoms. The van der Waals surface area contributed by atoms with Crippen LogP contribution in [-0.2, 0) is 19.3 Å². The zero-order valence-corrected chi connectivity index (χ0v) is 18.2. The Hall–Kier alpha value is -4.07. The van der Waals surface area contributed by atoms with Crippen molar-refractivity contribution in [2.45, 2.75) is 26.3 Å². The van der Waals surface area contributed by atoms with E-state index in [0.29, 0.717) is 30.1 Å². The first-order valence-corrected chi connectivity index (χ1v) is 10.6. The highest BCUT2D eigenvalue weighted by Crippen LogP contribution is 2.31. The van der Waals surface area contributed by atoms with Gasteiger partial charge in [-0.2, -0.15) is 13.2 Å². The number of benzene rings is 3. The van der Waals surface area contributed by atoms with Gasteiger partial charge in [-0.1, -0.05) is 30.3 Å². The molecule has 0 radical (unpaired) electrons. The summed E-state index contributed by atoms with van der Waals surface area (Å²) < 4.78 is 46.8. The molecule has 34 heavy (non-hydrogen) atoms. The quantitative estimate of drug-likeness (QED) is 0.387. The van der Waals surface area contributed by atoms with Crippen molar-refractivity contribution in [1.82, 2.24) is 4.57 Å². The van der Waals surface area contributed by atoms with Gasteiger partial charge in [0.2, 0.25) is 5.43 Å². The first-order chi connectivity index (χ1) is 16.3. The summed E-state index contributed by atoms with van der Waals surface area (Å²) in [5.41, 5.74) is -0.176. The van der Waals surface area contributed by atoms with Crippen LogP contribution < -0.4 is 15.5 Å². The van der Waals surface area contributed by atoms with Crippen LogP contribution in [0.5, 0.6) is 5.75 Å². The van der Waals surface area contributed by atoms with E-state index in [2.05, 4.69) is 5.32 Å². The number of aryl methyl sites for hydroxylation is 1. The smallest absolute Gasteiger partial charge is 0.416 e. The Morgan fingerprint density at radius 1 is 1.00 bits per heavy atom. The molecule has 0 atom stereocenters. The molecule has 1 amide bonds. The third-order valence-electron chi connectivity index (χ3n) is 5.35. The van der Waals surface area contributed by atoms with Crippen molar-refractivity contribution in [3.63, 3.8) is 0 Å². The van der Waals surface area contributed by atoms with Crippen molar-refractivity contribution in [2.24, 2.45) is 0 Å². The van der Waals surface area contributed by atoms with Gasteiger partial charge in [0.1, 0.15) is 17.9 Å². The zero-order chi connectivity index (χ0) is 24.3. The number of amides is 1. The minimum atomic E-state index is -4.60. The van der Waals surface area contributed by atoms with Crippen molar-refractivity contribution < 1.29 is 22.7 Å². The number of pyridine rings is 1. The molecule has 0 aliphatic rings. The Morgan fingerprint density at radius 2 is 1.71 bits per heavy atom. The summed E-state index contributed by atoms with van der Waals surface area (Å²) in [5.74, 6) is -0.106. The van der Waals surface area contributed by atoms with Gasteiger partial charge in [-0.3, -0.25) is 9.59 Å². The highest BCUT2D eigenvalue weighted by Gasteiger charge is 2.31. The first-order valence-electron chi connectivity index (χ1n) is 10.6. The molecule has 0 saturated carbocycles. The fourth-order valence-electron chi connectivity index (χ4n) is 3.57. The van der Waals surface area contributed by atoms with Crippen molar-refractivity contribution in [1.29, 1.82) is 0 Å². The molecule has 5 nitrogen and oxygen atoms in total. The van der Waals surface area contributed by atoms with Crippen molar-refractivity contribution in [3.05, 3.63) is 106 Å². The Labute approximate surface area is 193 Å². The molecule has 0 aliphatic heterocycles. The van der Waals surface area contributed by atoms with E-state index in [4.69, 9.17) is 4.74 Å². The summed E-state index contributed by atoms with van der Waals surface area (Å²) in [4.78, 5) is 25.8. The molecule has 4 rings (SSSR count). The van der Waals surface area contributed by atoms with E-state index in [-0.39, 0.29) is 10.9 Å². The molecule has 8 heteroatoms. The average molecular weight is 466 g/mol. The van der Waals surface area contributed by atoms with Crippen molar-refractivity contribution in [2.75, 3.05) is 5.32 Å². The van der Waals surface area contributed by atoms with Gasteiger partial charge < -0.3 is 14.6 Å². The van der Waals surface area contributed by atoms with Crippen LogP contribution in [0.1, 0.15) is 28.4 Å². The predicted octanol–water partition coefficient (Wildman–Crippen LogP) is 5.87. The Morgan fingerprint density at radius 3 is 2.35 bits per heavy atom. The van der Waals surface area contributed by atoms with Gasteiger partial charge in [-0.25, -0.2) is 0 Å². The van der Waals surface area contributed by atoms with E-state index in [1.807, 2.05) is 30.3 Å². The first kappa shape index (κ1) is 23.1. The summed E-state index contributed by atoms with van der Waals surface area (Å²) >= 11 is 0. The topological polar surface area (TPSA) is 60.3 Å². The van der Waals surface area contributed by atoms with E-state index < -0.39 is 23.1 Å². The highest BCUT2D eigenvalue weighted by molar-refractivity contribution is 6.05. The fourth-order valence-corrected chi connectivity index (χ4v) is 3.57. The summed E-state index contributed by atoms with van der Waals surface area (Å²) in [6.45, 7) is 2.54. The number of hydrogen-bond donors (Lipinski definition) is 1. The zero-order valence-electron chi connectivity index (χ0n) is 18.2. The van der Waals surface area contributed by atoms with E-state index in [0.717, 1.165) is 17.7 Å². The molecule has 3 aromatic carbocycles. The van der Waals surface area contributed by atoms with Crippen LogP contribution in [0.4, 0.5) is 18.9 Å². The monoisotopic (exact) mass is 466 g/mol. The van der Waals surface area contributed by atoms with Gasteiger partial charge in [0.15, 0.2) is 0 Å². The summed E-state index contributed by atoms with van der Waals surface area (Å²) in [6.07, 6.45) is -3.23. The molecule has 1 heterocycles. The van der Waals surface area contributed by atoms with Crippen molar-refractivity contribution >= 4 is 22.5 Å². The number of carbonyl (C=O) groups excluding carboxylic acids is 1. The number of nitrogens with zero attached hydrogens (tertiary/aromatic N) is 1. The molecular weight excluding hydrogens is 445 g/mol. The lowest BCUT2D eigenvalue weighted by Gasteiger charge is -2.14. The number of rotatable bonds is 6. The second kappa shape index (κ2) is 9.43. The van der Waals surface area contributed by atoms with Crippen LogP contribution in [0.3, 0.4) is 0 Å². The maximum atomic E-state index is 13.2. The van der Waals surface area contributed by atoms with Crippen LogP contribution >= 0.6 is 0 Å². The summed E-state index contributed by atoms with van der Waals surface area (Å²) in [6, 6.07) is 19.2. The molecule has 4 aromatic rings. The van der Waals surface area contributed by atoms with E-state index >= 15 is 0 Å². The molecule has 0 unspecified atom stereocenters. The second-order valence-corrected chi connectivity index (χ2v) is 7.64. The number of carbonyl (C=O) groups is 1. The molecule has 174 valence electrons. The Balaban J connectivity index is 1.56. The summed E-state index contributed by atoms with van der Waals surface area (Å²) in [5, 5.41) is 2.47. The SMILES string of the molecule is CCn1cc(C(=O)Nc2ccc(OCc3ccccc3)cc2)c(=O)c2cc(C(F)(F)F)ccc21. The minimum absolute atomic E-state index is 0.158. The molecule has 0 saturated heterocycles. The van der Waals surface area contributed by atoms with Gasteiger partial charge in [-0.05, 0) is 55.0 Å². The third kappa shape index (κ3) is 4.96. The molecule has 1 aromatic heterocycles. The van der Waals surface area contributed by atoms with E-state index in [9.17, 15) is 22.8 Å². The van der Waals surface area contributed by atoms with Crippen LogP contribution in [0.2, 0.25) is 0 Å². The fraction of sp³-hybridized carbons (Fsp3) is 0.154. The molecule has 0 fully saturated rings.